The molecule has 1 aromatic heterocycles. The number of rotatable bonds is 6. The highest BCUT2D eigenvalue weighted by Gasteiger charge is 2.52. The number of hydrogen-bond donors (Lipinski definition) is 1. The number of thiazole rings is 1. The lowest BCUT2D eigenvalue weighted by molar-refractivity contribution is 0.0479. The van der Waals surface area contributed by atoms with Gasteiger partial charge in [0.15, 0.2) is 10.8 Å². The first-order chi connectivity index (χ1) is 8.53. The molecule has 18 heavy (non-hydrogen) atoms. The first kappa shape index (κ1) is 13.6. The van der Waals surface area contributed by atoms with E-state index in [0.717, 1.165) is 0 Å². The number of hydrogen-bond acceptors (Lipinski definition) is 5. The van der Waals surface area contributed by atoms with Gasteiger partial charge in [-0.25, -0.2) is 9.78 Å². The van der Waals surface area contributed by atoms with Gasteiger partial charge in [-0.15, -0.1) is 41.1 Å². The van der Waals surface area contributed by atoms with Crippen LogP contribution in [0, 0.1) is 5.92 Å². The summed E-state index contributed by atoms with van der Waals surface area (Å²) in [6.45, 7) is 4.42. The second-order valence-electron chi connectivity index (χ2n) is 3.97. The van der Waals surface area contributed by atoms with E-state index in [4.69, 9.17) is 27.9 Å². The number of nitrogens with one attached hydrogen (secondary N) is 1. The number of carbonyl (C=O) groups is 1. The Hall–Kier alpha value is -0.780. The maximum atomic E-state index is 11.7. The van der Waals surface area contributed by atoms with Gasteiger partial charge in [-0.05, 0) is 6.42 Å². The Morgan fingerprint density at radius 3 is 3.11 bits per heavy atom. The van der Waals surface area contributed by atoms with Gasteiger partial charge in [0.25, 0.3) is 0 Å². The Balaban J connectivity index is 1.81. The van der Waals surface area contributed by atoms with Crippen molar-refractivity contribution < 1.29 is 9.53 Å². The average Bonchev–Trinajstić information content (AvgIpc) is 2.77. The summed E-state index contributed by atoms with van der Waals surface area (Å²) < 4.78 is 4.37. The minimum atomic E-state index is -0.723. The van der Waals surface area contributed by atoms with E-state index >= 15 is 0 Å². The van der Waals surface area contributed by atoms with Crippen molar-refractivity contribution in [3.63, 3.8) is 0 Å². The molecule has 4 nitrogen and oxygen atoms in total. The van der Waals surface area contributed by atoms with Gasteiger partial charge in [-0.1, -0.05) is 6.08 Å². The fourth-order valence-electron chi connectivity index (χ4n) is 1.31. The van der Waals surface area contributed by atoms with Crippen LogP contribution in [0.1, 0.15) is 16.9 Å². The first-order valence-corrected chi connectivity index (χ1v) is 7.01. The minimum Gasteiger partial charge on any atom is -0.461 e. The largest absolute Gasteiger partial charge is 0.461 e. The summed E-state index contributed by atoms with van der Waals surface area (Å²) in [7, 11) is 0. The molecule has 0 radical (unpaired) electrons. The zero-order valence-electron chi connectivity index (χ0n) is 9.49. The monoisotopic (exact) mass is 306 g/mol. The molecule has 1 N–H and O–H groups in total. The number of halogens is 2. The molecular formula is C11H12Cl2N2O2S. The van der Waals surface area contributed by atoms with Gasteiger partial charge in [0, 0.05) is 17.8 Å². The van der Waals surface area contributed by atoms with Gasteiger partial charge in [0.2, 0.25) is 0 Å². The molecule has 0 spiro atoms. The van der Waals surface area contributed by atoms with Crippen molar-refractivity contribution in [2.45, 2.75) is 10.8 Å². The van der Waals surface area contributed by atoms with Gasteiger partial charge >= 0.3 is 5.97 Å². The summed E-state index contributed by atoms with van der Waals surface area (Å²) in [5.74, 6) is -0.421. The second-order valence-corrected chi connectivity index (χ2v) is 6.37. The molecule has 1 aliphatic carbocycles. The molecule has 0 aromatic carbocycles. The summed E-state index contributed by atoms with van der Waals surface area (Å²) >= 11 is 13.0. The second kappa shape index (κ2) is 5.47. The number of aromatic nitrogens is 1. The summed E-state index contributed by atoms with van der Waals surface area (Å²) in [6.07, 6.45) is 2.37. The molecule has 98 valence electrons. The molecule has 1 heterocycles. The van der Waals surface area contributed by atoms with Crippen LogP contribution >= 0.6 is 34.5 Å². The maximum Gasteiger partial charge on any atom is 0.357 e. The van der Waals surface area contributed by atoms with Gasteiger partial charge in [-0.3, -0.25) is 0 Å². The van der Waals surface area contributed by atoms with E-state index in [1.807, 2.05) is 0 Å². The molecule has 1 atom stereocenters. The number of anilines is 1. The lowest BCUT2D eigenvalue weighted by Gasteiger charge is -2.02. The van der Waals surface area contributed by atoms with Crippen LogP contribution in [-0.4, -0.2) is 28.4 Å². The zero-order valence-corrected chi connectivity index (χ0v) is 11.8. The summed E-state index contributed by atoms with van der Waals surface area (Å²) in [5.41, 5.74) is 0.293. The van der Waals surface area contributed by atoms with E-state index in [2.05, 4.69) is 16.9 Å². The highest BCUT2D eigenvalue weighted by molar-refractivity contribution is 7.13. The number of nitrogens with zero attached hydrogens (tertiary/aromatic N) is 1. The normalized spacial score (nSPS) is 20.2. The smallest absolute Gasteiger partial charge is 0.357 e. The van der Waals surface area contributed by atoms with Crippen LogP contribution in [0.5, 0.6) is 0 Å². The molecule has 0 saturated heterocycles. The molecule has 2 rings (SSSR count). The molecule has 0 amide bonds. The fourth-order valence-corrected chi connectivity index (χ4v) is 2.50. The third-order valence-electron chi connectivity index (χ3n) is 2.48. The van der Waals surface area contributed by atoms with Crippen LogP contribution in [0.2, 0.25) is 0 Å². The topological polar surface area (TPSA) is 51.2 Å². The van der Waals surface area contributed by atoms with Crippen LogP contribution in [0.15, 0.2) is 18.0 Å². The van der Waals surface area contributed by atoms with Crippen molar-refractivity contribution in [1.29, 1.82) is 0 Å². The van der Waals surface area contributed by atoms with E-state index < -0.39 is 10.3 Å². The lowest BCUT2D eigenvalue weighted by Crippen LogP contribution is -2.10. The van der Waals surface area contributed by atoms with Gasteiger partial charge in [-0.2, -0.15) is 0 Å². The van der Waals surface area contributed by atoms with Crippen LogP contribution < -0.4 is 5.32 Å². The van der Waals surface area contributed by atoms with E-state index in [1.165, 1.54) is 11.3 Å². The van der Waals surface area contributed by atoms with Gasteiger partial charge in [0.1, 0.15) is 4.33 Å². The standard InChI is InChI=1S/C11H12Cl2N2O2S/c1-2-3-14-10-15-8(6-18-10)9(16)17-5-7-4-11(7,12)13/h2,6-7H,1,3-5H2,(H,14,15). The molecule has 7 heteroatoms. The summed E-state index contributed by atoms with van der Waals surface area (Å²) in [4.78, 5) is 15.8. The molecular weight excluding hydrogens is 295 g/mol. The van der Waals surface area contributed by atoms with Crippen LogP contribution in [-0.2, 0) is 4.74 Å². The lowest BCUT2D eigenvalue weighted by atomic mass is 10.4. The third-order valence-corrected chi connectivity index (χ3v) is 4.21. The Kier molecular flexibility index (Phi) is 4.14. The number of alkyl halides is 2. The van der Waals surface area contributed by atoms with Crippen LogP contribution in [0.3, 0.4) is 0 Å². The van der Waals surface area contributed by atoms with E-state index in [1.54, 1.807) is 11.5 Å². The van der Waals surface area contributed by atoms with Gasteiger partial charge < -0.3 is 10.1 Å². The predicted octanol–water partition coefficient (Wildman–Crippen LogP) is 3.09. The maximum absolute atomic E-state index is 11.7. The highest BCUT2D eigenvalue weighted by Crippen LogP contribution is 2.53. The molecule has 1 unspecified atom stereocenters. The quantitative estimate of drug-likeness (QED) is 0.498. The number of ether oxygens (including phenoxy) is 1. The van der Waals surface area contributed by atoms with Crippen molar-refractivity contribution in [3.05, 3.63) is 23.7 Å². The molecule has 1 aromatic rings. The zero-order chi connectivity index (χ0) is 13.2. The summed E-state index contributed by atoms with van der Waals surface area (Å²) in [5, 5.41) is 5.31. The van der Waals surface area contributed by atoms with E-state index in [9.17, 15) is 4.79 Å². The number of esters is 1. The molecule has 1 aliphatic rings. The van der Waals surface area contributed by atoms with Crippen molar-refractivity contribution in [3.8, 4) is 0 Å². The number of carbonyl (C=O) groups excluding carboxylic acids is 1. The third kappa shape index (κ3) is 3.37. The average molecular weight is 307 g/mol. The minimum absolute atomic E-state index is 0.0294. The highest BCUT2D eigenvalue weighted by atomic mass is 35.5. The predicted molar refractivity (Wildman–Crippen MR) is 73.6 cm³/mol. The van der Waals surface area contributed by atoms with Crippen molar-refractivity contribution >= 4 is 45.6 Å². The van der Waals surface area contributed by atoms with Crippen molar-refractivity contribution in [2.24, 2.45) is 5.92 Å². The molecule has 1 fully saturated rings. The SMILES string of the molecule is C=CCNc1nc(C(=O)OCC2CC2(Cl)Cl)cs1. The Bertz CT molecular complexity index is 462. The van der Waals surface area contributed by atoms with Crippen molar-refractivity contribution in [1.82, 2.24) is 4.98 Å². The Morgan fingerprint density at radius 1 is 1.78 bits per heavy atom. The molecule has 0 aliphatic heterocycles. The fraction of sp³-hybridized carbons (Fsp3) is 0.455. The molecule has 0 bridgehead atoms. The Labute approximate surface area is 119 Å². The van der Waals surface area contributed by atoms with Crippen LogP contribution in [0.4, 0.5) is 5.13 Å². The molecule has 1 saturated carbocycles. The van der Waals surface area contributed by atoms with E-state index in [0.29, 0.717) is 23.8 Å². The first-order valence-electron chi connectivity index (χ1n) is 5.38. The van der Waals surface area contributed by atoms with E-state index in [-0.39, 0.29) is 12.5 Å². The summed E-state index contributed by atoms with van der Waals surface area (Å²) in [6, 6.07) is 0. The Morgan fingerprint density at radius 2 is 2.50 bits per heavy atom. The van der Waals surface area contributed by atoms with Gasteiger partial charge in [0.05, 0.1) is 6.61 Å². The van der Waals surface area contributed by atoms with Crippen LogP contribution in [0.25, 0.3) is 0 Å². The van der Waals surface area contributed by atoms with Crippen molar-refractivity contribution in [2.75, 3.05) is 18.5 Å².